The first-order valence-electron chi connectivity index (χ1n) is 9.77. The Labute approximate surface area is 172 Å². The van der Waals surface area contributed by atoms with Gasteiger partial charge in [0.25, 0.3) is 0 Å². The third kappa shape index (κ3) is 3.89. The van der Waals surface area contributed by atoms with Crippen LogP contribution in [0.1, 0.15) is 42.7 Å². The van der Waals surface area contributed by atoms with Crippen LogP contribution in [0, 0.1) is 5.92 Å². The number of nitrogens with one attached hydrogen (secondary N) is 2. The van der Waals surface area contributed by atoms with E-state index in [1.807, 2.05) is 31.6 Å². The fourth-order valence-corrected chi connectivity index (χ4v) is 4.64. The van der Waals surface area contributed by atoms with Gasteiger partial charge in [-0.1, -0.05) is 25.0 Å². The average Bonchev–Trinajstić information content (AvgIpc) is 3.42. The summed E-state index contributed by atoms with van der Waals surface area (Å²) in [5, 5.41) is 11.1. The molecule has 1 aliphatic carbocycles. The van der Waals surface area contributed by atoms with Crippen molar-refractivity contribution in [3.05, 3.63) is 47.8 Å². The van der Waals surface area contributed by atoms with E-state index in [4.69, 9.17) is 4.74 Å². The molecule has 2 heterocycles. The van der Waals surface area contributed by atoms with Gasteiger partial charge < -0.3 is 15.4 Å². The summed E-state index contributed by atoms with van der Waals surface area (Å²) in [4.78, 5) is 13.3. The topological polar surface area (TPSA) is 68.2 Å². The Morgan fingerprint density at radius 3 is 2.57 bits per heavy atom. The van der Waals surface area contributed by atoms with Crippen LogP contribution in [0.25, 0.3) is 0 Å². The van der Waals surface area contributed by atoms with E-state index >= 15 is 0 Å². The summed E-state index contributed by atoms with van der Waals surface area (Å²) >= 11 is 0. The molecule has 1 saturated carbocycles. The summed E-state index contributed by atoms with van der Waals surface area (Å²) in [7, 11) is 3.59. The highest BCUT2D eigenvalue weighted by atomic mass is 35.5. The second-order valence-corrected chi connectivity index (χ2v) is 7.83. The average molecular weight is 405 g/mol. The molecule has 1 aromatic carbocycles. The summed E-state index contributed by atoms with van der Waals surface area (Å²) in [5.74, 6) is 1.10. The van der Waals surface area contributed by atoms with Crippen molar-refractivity contribution in [1.82, 2.24) is 20.4 Å². The van der Waals surface area contributed by atoms with E-state index < -0.39 is 0 Å². The van der Waals surface area contributed by atoms with Crippen LogP contribution in [0.3, 0.4) is 0 Å². The number of hydrogen-bond acceptors (Lipinski definition) is 4. The molecule has 1 aromatic heterocycles. The minimum atomic E-state index is -0.258. The molecule has 2 aromatic rings. The Morgan fingerprint density at radius 1 is 1.25 bits per heavy atom. The van der Waals surface area contributed by atoms with E-state index in [1.165, 1.54) is 5.56 Å². The minimum absolute atomic E-state index is 0. The lowest BCUT2D eigenvalue weighted by Crippen LogP contribution is -2.47. The number of ether oxygens (including phenoxy) is 1. The number of nitrogens with zero attached hydrogens (tertiary/aromatic N) is 2. The molecule has 4 rings (SSSR count). The van der Waals surface area contributed by atoms with Crippen molar-refractivity contribution in [2.75, 3.05) is 20.2 Å². The van der Waals surface area contributed by atoms with Gasteiger partial charge in [0.05, 0.1) is 24.8 Å². The number of amides is 1. The van der Waals surface area contributed by atoms with Gasteiger partial charge in [-0.15, -0.1) is 12.4 Å². The molecule has 28 heavy (non-hydrogen) atoms. The van der Waals surface area contributed by atoms with Crippen molar-refractivity contribution in [3.63, 3.8) is 0 Å². The Bertz CT molecular complexity index is 799. The molecule has 2 atom stereocenters. The van der Waals surface area contributed by atoms with Crippen LogP contribution in [-0.4, -0.2) is 35.9 Å². The summed E-state index contributed by atoms with van der Waals surface area (Å²) < 4.78 is 7.09. The number of carbonyl (C=O) groups is 1. The lowest BCUT2D eigenvalue weighted by atomic mass is 9.85. The van der Waals surface area contributed by atoms with Gasteiger partial charge in [-0.25, -0.2) is 0 Å². The van der Waals surface area contributed by atoms with E-state index in [0.29, 0.717) is 6.54 Å². The zero-order valence-corrected chi connectivity index (χ0v) is 17.3. The highest BCUT2D eigenvalue weighted by molar-refractivity contribution is 5.85. The fraction of sp³-hybridized carbons (Fsp3) is 0.524. The molecule has 0 spiro atoms. The number of halogens is 1. The fourth-order valence-electron chi connectivity index (χ4n) is 4.64. The van der Waals surface area contributed by atoms with E-state index in [9.17, 15) is 4.79 Å². The molecule has 152 valence electrons. The maximum Gasteiger partial charge on any atom is 0.225 e. The lowest BCUT2D eigenvalue weighted by Gasteiger charge is -2.33. The first-order valence-corrected chi connectivity index (χ1v) is 9.77. The van der Waals surface area contributed by atoms with Crippen LogP contribution in [0.15, 0.2) is 36.7 Å². The highest BCUT2D eigenvalue weighted by Crippen LogP contribution is 2.40. The number of methoxy groups -OCH3 is 1. The molecule has 2 aliphatic rings. The number of aryl methyl sites for hydroxylation is 1. The standard InChI is InChI=1S/C21H28N4O2.ClH/c1-25-14-15(11-23-25)18-12-22-13-19(18)20(26)24-21(9-3-4-10-21)16-5-7-17(27-2)8-6-16;/h5-8,11,14,18-19,22H,3-4,9-10,12-13H2,1-2H3,(H,24,26);1H/t18-,19+;/m1./s1. The number of hydrogen-bond donors (Lipinski definition) is 2. The van der Waals surface area contributed by atoms with Crippen LogP contribution in [0.5, 0.6) is 5.75 Å². The Morgan fingerprint density at radius 2 is 1.96 bits per heavy atom. The second kappa shape index (κ2) is 8.53. The largest absolute Gasteiger partial charge is 0.497 e. The van der Waals surface area contributed by atoms with Crippen molar-refractivity contribution >= 4 is 18.3 Å². The minimum Gasteiger partial charge on any atom is -0.497 e. The molecule has 7 heteroatoms. The van der Waals surface area contributed by atoms with Gasteiger partial charge in [-0.3, -0.25) is 9.48 Å². The first kappa shape index (κ1) is 20.7. The number of benzene rings is 1. The maximum absolute atomic E-state index is 13.3. The smallest absolute Gasteiger partial charge is 0.225 e. The normalized spacial score (nSPS) is 23.2. The summed E-state index contributed by atoms with van der Waals surface area (Å²) in [6.45, 7) is 1.53. The molecule has 1 amide bonds. The first-order chi connectivity index (χ1) is 13.1. The summed E-state index contributed by atoms with van der Waals surface area (Å²) in [5.41, 5.74) is 2.05. The van der Waals surface area contributed by atoms with Crippen molar-refractivity contribution in [1.29, 1.82) is 0 Å². The zero-order chi connectivity index (χ0) is 18.9. The molecule has 2 fully saturated rings. The molecule has 0 radical (unpaired) electrons. The Kier molecular flexibility index (Phi) is 6.30. The monoisotopic (exact) mass is 404 g/mol. The maximum atomic E-state index is 13.3. The van der Waals surface area contributed by atoms with Gasteiger partial charge in [-0.05, 0) is 36.1 Å². The molecule has 2 N–H and O–H groups in total. The number of rotatable bonds is 5. The highest BCUT2D eigenvalue weighted by Gasteiger charge is 2.41. The van der Waals surface area contributed by atoms with Crippen LogP contribution in [0.2, 0.25) is 0 Å². The predicted molar refractivity (Wildman–Crippen MR) is 111 cm³/mol. The number of aromatic nitrogens is 2. The SMILES string of the molecule is COc1ccc(C2(NC(=O)[C@H]3CNC[C@@H]3c3cnn(C)c3)CCCC2)cc1.Cl. The van der Waals surface area contributed by atoms with Gasteiger partial charge in [0.15, 0.2) is 0 Å². The summed E-state index contributed by atoms with van der Waals surface area (Å²) in [6.07, 6.45) is 8.16. The van der Waals surface area contributed by atoms with Gasteiger partial charge >= 0.3 is 0 Å². The van der Waals surface area contributed by atoms with Crippen LogP contribution >= 0.6 is 12.4 Å². The van der Waals surface area contributed by atoms with E-state index in [1.54, 1.807) is 11.8 Å². The van der Waals surface area contributed by atoms with Gasteiger partial charge in [0, 0.05) is 32.3 Å². The summed E-state index contributed by atoms with van der Waals surface area (Å²) in [6, 6.07) is 8.15. The van der Waals surface area contributed by atoms with Crippen molar-refractivity contribution in [3.8, 4) is 5.75 Å². The molecular weight excluding hydrogens is 376 g/mol. The van der Waals surface area contributed by atoms with Gasteiger partial charge in [-0.2, -0.15) is 5.10 Å². The quantitative estimate of drug-likeness (QED) is 0.804. The molecular formula is C21H29ClN4O2. The molecule has 1 saturated heterocycles. The molecule has 0 bridgehead atoms. The second-order valence-electron chi connectivity index (χ2n) is 7.83. The zero-order valence-electron chi connectivity index (χ0n) is 16.5. The van der Waals surface area contributed by atoms with E-state index in [0.717, 1.165) is 43.5 Å². The molecule has 1 aliphatic heterocycles. The third-order valence-electron chi connectivity index (χ3n) is 6.17. The van der Waals surface area contributed by atoms with E-state index in [2.05, 4.69) is 27.9 Å². The lowest BCUT2D eigenvalue weighted by molar-refractivity contribution is -0.127. The van der Waals surface area contributed by atoms with Gasteiger partial charge in [0.1, 0.15) is 5.75 Å². The van der Waals surface area contributed by atoms with Crippen molar-refractivity contribution in [2.24, 2.45) is 13.0 Å². The van der Waals surface area contributed by atoms with Gasteiger partial charge in [0.2, 0.25) is 5.91 Å². The van der Waals surface area contributed by atoms with E-state index in [-0.39, 0.29) is 35.7 Å². The molecule has 0 unspecified atom stereocenters. The van der Waals surface area contributed by atoms with Crippen molar-refractivity contribution in [2.45, 2.75) is 37.1 Å². The predicted octanol–water partition coefficient (Wildman–Crippen LogP) is 2.74. The number of carbonyl (C=O) groups excluding carboxylic acids is 1. The Hall–Kier alpha value is -2.05. The van der Waals surface area contributed by atoms with Crippen LogP contribution in [0.4, 0.5) is 0 Å². The van der Waals surface area contributed by atoms with Crippen molar-refractivity contribution < 1.29 is 9.53 Å². The van der Waals surface area contributed by atoms with Crippen LogP contribution < -0.4 is 15.4 Å². The van der Waals surface area contributed by atoms with Crippen LogP contribution in [-0.2, 0) is 17.4 Å². The molecule has 6 nitrogen and oxygen atoms in total. The Balaban J connectivity index is 0.00000225. The third-order valence-corrected chi connectivity index (χ3v) is 6.17.